The Bertz CT molecular complexity index is 763. The van der Waals surface area contributed by atoms with Crippen molar-refractivity contribution in [3.8, 4) is 5.69 Å². The zero-order valence-electron chi connectivity index (χ0n) is 13.5. The van der Waals surface area contributed by atoms with E-state index in [1.165, 1.54) is 18.3 Å². The Hall–Kier alpha value is -2.70. The van der Waals surface area contributed by atoms with Crippen molar-refractivity contribution < 1.29 is 14.0 Å². The van der Waals surface area contributed by atoms with Gasteiger partial charge in [0.2, 0.25) is 5.91 Å². The van der Waals surface area contributed by atoms with E-state index in [0.717, 1.165) is 12.8 Å². The molecule has 0 bridgehead atoms. The number of rotatable bonds is 4. The third-order valence-electron chi connectivity index (χ3n) is 3.92. The zero-order chi connectivity index (χ0) is 17.3. The Kier molecular flexibility index (Phi) is 4.33. The van der Waals surface area contributed by atoms with Gasteiger partial charge in [0, 0.05) is 5.92 Å². The van der Waals surface area contributed by atoms with Crippen LogP contribution in [0.25, 0.3) is 5.69 Å². The maximum atomic E-state index is 13.1. The van der Waals surface area contributed by atoms with Crippen molar-refractivity contribution in [2.24, 2.45) is 5.92 Å². The topological polar surface area (TPSA) is 76.0 Å². The van der Waals surface area contributed by atoms with E-state index in [-0.39, 0.29) is 23.6 Å². The molecule has 1 heterocycles. The van der Waals surface area contributed by atoms with Gasteiger partial charge in [0.1, 0.15) is 5.82 Å². The highest BCUT2D eigenvalue weighted by molar-refractivity contribution is 5.96. The first kappa shape index (κ1) is 16.2. The third kappa shape index (κ3) is 3.29. The van der Waals surface area contributed by atoms with Crippen LogP contribution in [0.3, 0.4) is 0 Å². The van der Waals surface area contributed by atoms with Crippen LogP contribution in [0.1, 0.15) is 48.7 Å². The van der Waals surface area contributed by atoms with E-state index in [1.807, 2.05) is 13.8 Å². The fraction of sp³-hybridized carbons (Fsp3) is 0.353. The Morgan fingerprint density at radius 2 is 1.88 bits per heavy atom. The minimum Gasteiger partial charge on any atom is -0.273 e. The van der Waals surface area contributed by atoms with Crippen LogP contribution in [0, 0.1) is 11.7 Å². The second-order valence-corrected chi connectivity index (χ2v) is 6.20. The summed E-state index contributed by atoms with van der Waals surface area (Å²) < 4.78 is 14.7. The Balaban J connectivity index is 1.83. The molecule has 6 nitrogen and oxygen atoms in total. The van der Waals surface area contributed by atoms with Crippen LogP contribution in [0.4, 0.5) is 4.39 Å². The SMILES string of the molecule is CC(C)c1c(C(=O)NNC(=O)C2CC2)cnn1-c1ccc(F)cc1. The number of hydrogen-bond donors (Lipinski definition) is 2. The molecule has 2 aromatic rings. The van der Waals surface area contributed by atoms with Crippen molar-refractivity contribution in [3.63, 3.8) is 0 Å². The summed E-state index contributed by atoms with van der Waals surface area (Å²) in [5, 5.41) is 4.25. The number of carbonyl (C=O) groups is 2. The summed E-state index contributed by atoms with van der Waals surface area (Å²) >= 11 is 0. The molecule has 126 valence electrons. The second-order valence-electron chi connectivity index (χ2n) is 6.20. The lowest BCUT2D eigenvalue weighted by Crippen LogP contribution is -2.42. The van der Waals surface area contributed by atoms with E-state index in [1.54, 1.807) is 16.8 Å². The minimum atomic E-state index is -0.416. The number of nitrogens with zero attached hydrogens (tertiary/aromatic N) is 2. The fourth-order valence-electron chi connectivity index (χ4n) is 2.51. The molecule has 0 spiro atoms. The van der Waals surface area contributed by atoms with Gasteiger partial charge < -0.3 is 0 Å². The van der Waals surface area contributed by atoms with Gasteiger partial charge in [0.05, 0.1) is 23.1 Å². The molecule has 1 aliphatic carbocycles. The smallest absolute Gasteiger partial charge is 0.273 e. The van der Waals surface area contributed by atoms with Gasteiger partial charge >= 0.3 is 0 Å². The number of hydrazine groups is 1. The van der Waals surface area contributed by atoms with Crippen molar-refractivity contribution in [1.29, 1.82) is 0 Å². The van der Waals surface area contributed by atoms with Gasteiger partial charge in [-0.15, -0.1) is 0 Å². The molecule has 2 amide bonds. The molecule has 0 radical (unpaired) electrons. The summed E-state index contributed by atoms with van der Waals surface area (Å²) in [4.78, 5) is 24.0. The van der Waals surface area contributed by atoms with E-state index in [9.17, 15) is 14.0 Å². The molecule has 1 saturated carbocycles. The van der Waals surface area contributed by atoms with Gasteiger partial charge in [-0.2, -0.15) is 5.10 Å². The summed E-state index contributed by atoms with van der Waals surface area (Å²) in [6, 6.07) is 5.89. The summed E-state index contributed by atoms with van der Waals surface area (Å²) in [6.07, 6.45) is 3.18. The van der Waals surface area contributed by atoms with Gasteiger partial charge in [0.25, 0.3) is 5.91 Å². The lowest BCUT2D eigenvalue weighted by Gasteiger charge is -2.13. The molecule has 1 aromatic heterocycles. The minimum absolute atomic E-state index is 0.0109. The number of nitrogens with one attached hydrogen (secondary N) is 2. The van der Waals surface area contributed by atoms with Gasteiger partial charge in [0.15, 0.2) is 0 Å². The predicted molar refractivity (Wildman–Crippen MR) is 85.9 cm³/mol. The third-order valence-corrected chi connectivity index (χ3v) is 3.92. The van der Waals surface area contributed by atoms with E-state index in [4.69, 9.17) is 0 Å². The van der Waals surface area contributed by atoms with E-state index >= 15 is 0 Å². The number of halogens is 1. The van der Waals surface area contributed by atoms with Crippen molar-refractivity contribution in [3.05, 3.63) is 47.5 Å². The molecule has 0 atom stereocenters. The van der Waals surface area contributed by atoms with Crippen LogP contribution in [-0.2, 0) is 4.79 Å². The molecule has 24 heavy (non-hydrogen) atoms. The van der Waals surface area contributed by atoms with Crippen molar-refractivity contribution in [2.75, 3.05) is 0 Å². The van der Waals surface area contributed by atoms with Crippen LogP contribution in [0.2, 0.25) is 0 Å². The molecule has 0 aliphatic heterocycles. The van der Waals surface area contributed by atoms with Crippen molar-refractivity contribution in [1.82, 2.24) is 20.6 Å². The molecule has 0 unspecified atom stereocenters. The highest BCUT2D eigenvalue weighted by atomic mass is 19.1. The standard InChI is InChI=1S/C17H19FN4O2/c1-10(2)15-14(17(24)21-20-16(23)11-3-4-11)9-19-22(15)13-7-5-12(18)6-8-13/h5-11H,3-4H2,1-2H3,(H,20,23)(H,21,24). The number of amides is 2. The first-order valence-corrected chi connectivity index (χ1v) is 7.91. The normalized spacial score (nSPS) is 13.8. The lowest BCUT2D eigenvalue weighted by molar-refractivity contribution is -0.123. The molecule has 1 aromatic carbocycles. The molecule has 1 fully saturated rings. The average molecular weight is 330 g/mol. The Morgan fingerprint density at radius 1 is 1.21 bits per heavy atom. The van der Waals surface area contributed by atoms with Crippen LogP contribution < -0.4 is 10.9 Å². The van der Waals surface area contributed by atoms with E-state index in [0.29, 0.717) is 16.9 Å². The highest BCUT2D eigenvalue weighted by Crippen LogP contribution is 2.28. The van der Waals surface area contributed by atoms with Crippen LogP contribution in [0.5, 0.6) is 0 Å². The predicted octanol–water partition coefficient (Wildman–Crippen LogP) is 2.31. The Morgan fingerprint density at radius 3 is 2.46 bits per heavy atom. The molecule has 7 heteroatoms. The number of carbonyl (C=O) groups excluding carboxylic acids is 2. The summed E-state index contributed by atoms with van der Waals surface area (Å²) in [5.41, 5.74) is 6.62. The first-order valence-electron chi connectivity index (χ1n) is 7.91. The van der Waals surface area contributed by atoms with Crippen molar-refractivity contribution >= 4 is 11.8 Å². The molecule has 0 saturated heterocycles. The highest BCUT2D eigenvalue weighted by Gasteiger charge is 2.30. The van der Waals surface area contributed by atoms with Crippen LogP contribution in [0.15, 0.2) is 30.5 Å². The molecular formula is C17H19FN4O2. The molecule has 1 aliphatic rings. The summed E-state index contributed by atoms with van der Waals surface area (Å²) in [6.45, 7) is 3.88. The maximum Gasteiger partial charge on any atom is 0.273 e. The van der Waals surface area contributed by atoms with Gasteiger partial charge in [-0.1, -0.05) is 13.8 Å². The van der Waals surface area contributed by atoms with Gasteiger partial charge in [-0.3, -0.25) is 20.4 Å². The van der Waals surface area contributed by atoms with Crippen LogP contribution in [-0.4, -0.2) is 21.6 Å². The quantitative estimate of drug-likeness (QED) is 0.845. The maximum absolute atomic E-state index is 13.1. The zero-order valence-corrected chi connectivity index (χ0v) is 13.5. The average Bonchev–Trinajstić information content (AvgIpc) is 3.31. The number of benzene rings is 1. The first-order chi connectivity index (χ1) is 11.5. The largest absolute Gasteiger partial charge is 0.273 e. The van der Waals surface area contributed by atoms with E-state index in [2.05, 4.69) is 16.0 Å². The molecule has 2 N–H and O–H groups in total. The Labute approximate surface area is 139 Å². The summed E-state index contributed by atoms with van der Waals surface area (Å²) in [5.74, 6) is -0.895. The van der Waals surface area contributed by atoms with E-state index < -0.39 is 5.91 Å². The fourth-order valence-corrected chi connectivity index (χ4v) is 2.51. The van der Waals surface area contributed by atoms with Crippen molar-refractivity contribution in [2.45, 2.75) is 32.6 Å². The molecular weight excluding hydrogens is 311 g/mol. The number of hydrogen-bond acceptors (Lipinski definition) is 3. The lowest BCUT2D eigenvalue weighted by atomic mass is 10.1. The van der Waals surface area contributed by atoms with Crippen LogP contribution >= 0.6 is 0 Å². The van der Waals surface area contributed by atoms with Gasteiger partial charge in [-0.25, -0.2) is 9.07 Å². The second kappa shape index (κ2) is 6.43. The summed E-state index contributed by atoms with van der Waals surface area (Å²) in [7, 11) is 0. The molecule has 3 rings (SSSR count). The monoisotopic (exact) mass is 330 g/mol. The van der Waals surface area contributed by atoms with Gasteiger partial charge in [-0.05, 0) is 43.0 Å². The number of aromatic nitrogens is 2.